The zero-order valence-corrected chi connectivity index (χ0v) is 14.3. The zero-order valence-electron chi connectivity index (χ0n) is 14.3. The fourth-order valence-corrected chi connectivity index (χ4v) is 3.93. The van der Waals surface area contributed by atoms with Gasteiger partial charge in [-0.3, -0.25) is 14.5 Å². The van der Waals surface area contributed by atoms with E-state index < -0.39 is 5.41 Å². The number of imide groups is 1. The summed E-state index contributed by atoms with van der Waals surface area (Å²) in [4.78, 5) is 29.3. The molecule has 1 aromatic carbocycles. The highest BCUT2D eigenvalue weighted by Crippen LogP contribution is 2.45. The summed E-state index contributed by atoms with van der Waals surface area (Å²) in [6.07, 6.45) is 3.96. The van der Waals surface area contributed by atoms with E-state index in [4.69, 9.17) is 0 Å². The highest BCUT2D eigenvalue weighted by molar-refractivity contribution is 6.09. The number of aryl methyl sites for hydroxylation is 1. The van der Waals surface area contributed by atoms with Crippen LogP contribution in [0.1, 0.15) is 43.7 Å². The van der Waals surface area contributed by atoms with Crippen molar-refractivity contribution in [3.05, 3.63) is 35.4 Å². The van der Waals surface area contributed by atoms with Crippen LogP contribution in [0.5, 0.6) is 0 Å². The molecule has 0 radical (unpaired) electrons. The van der Waals surface area contributed by atoms with E-state index in [1.807, 2.05) is 32.3 Å². The van der Waals surface area contributed by atoms with Gasteiger partial charge in [-0.25, -0.2) is 0 Å². The maximum absolute atomic E-state index is 13.1. The van der Waals surface area contributed by atoms with Crippen LogP contribution in [0.2, 0.25) is 0 Å². The minimum absolute atomic E-state index is 0.00217. The minimum Gasteiger partial charge on any atom is -0.307 e. The number of amides is 2. The molecular weight excluding hydrogens is 288 g/mol. The molecule has 23 heavy (non-hydrogen) atoms. The predicted molar refractivity (Wildman–Crippen MR) is 90.2 cm³/mol. The number of carbonyl (C=O) groups is 2. The van der Waals surface area contributed by atoms with Crippen molar-refractivity contribution in [3.8, 4) is 0 Å². The number of carbonyl (C=O) groups excluding carboxylic acids is 2. The average Bonchev–Trinajstić information content (AvgIpc) is 2.77. The number of benzene rings is 1. The van der Waals surface area contributed by atoms with Crippen LogP contribution in [-0.2, 0) is 21.4 Å². The Hall–Kier alpha value is -1.68. The van der Waals surface area contributed by atoms with Gasteiger partial charge in [0, 0.05) is 19.0 Å². The average molecular weight is 314 g/mol. The Morgan fingerprint density at radius 3 is 2.74 bits per heavy atom. The number of likely N-dealkylation sites (tertiary alicyclic amines) is 1. The summed E-state index contributed by atoms with van der Waals surface area (Å²) in [5.74, 6) is 0.0262. The fourth-order valence-electron chi connectivity index (χ4n) is 3.93. The van der Waals surface area contributed by atoms with Crippen LogP contribution in [0.25, 0.3) is 0 Å². The van der Waals surface area contributed by atoms with Gasteiger partial charge >= 0.3 is 0 Å². The third-order valence-electron chi connectivity index (χ3n) is 5.64. The van der Waals surface area contributed by atoms with Gasteiger partial charge in [0.15, 0.2) is 0 Å². The molecule has 2 aliphatic rings. The molecule has 1 aromatic rings. The summed E-state index contributed by atoms with van der Waals surface area (Å²) in [6, 6.07) is 8.51. The van der Waals surface area contributed by atoms with Crippen LogP contribution in [-0.4, -0.2) is 48.3 Å². The standard InChI is InChI=1S/C19H26N2O2/c1-14(20(2)3)10-12-21-17(22)13-19(18(21)23)11-6-8-15-7-4-5-9-16(15)19/h4-5,7,9,14H,6,8,10-13H2,1-3H3. The lowest BCUT2D eigenvalue weighted by molar-refractivity contribution is -0.140. The molecule has 0 bridgehead atoms. The molecule has 0 N–H and O–H groups in total. The molecule has 1 spiro atoms. The lowest BCUT2D eigenvalue weighted by Gasteiger charge is -2.33. The second-order valence-electron chi connectivity index (χ2n) is 7.22. The Bertz CT molecular complexity index is 626. The maximum atomic E-state index is 13.1. The molecule has 124 valence electrons. The molecule has 2 amide bonds. The highest BCUT2D eigenvalue weighted by atomic mass is 16.2. The molecule has 2 unspecified atom stereocenters. The Morgan fingerprint density at radius 2 is 2.00 bits per heavy atom. The molecule has 3 rings (SSSR count). The Morgan fingerprint density at radius 1 is 1.26 bits per heavy atom. The zero-order chi connectivity index (χ0) is 16.6. The van der Waals surface area contributed by atoms with Gasteiger partial charge in [-0.1, -0.05) is 24.3 Å². The van der Waals surface area contributed by atoms with E-state index in [1.165, 1.54) is 10.5 Å². The largest absolute Gasteiger partial charge is 0.307 e. The van der Waals surface area contributed by atoms with E-state index in [1.54, 1.807) is 0 Å². The first-order valence-corrected chi connectivity index (χ1v) is 8.55. The molecule has 2 atom stereocenters. The third-order valence-corrected chi connectivity index (χ3v) is 5.64. The molecule has 1 saturated heterocycles. The number of rotatable bonds is 4. The maximum Gasteiger partial charge on any atom is 0.240 e. The van der Waals surface area contributed by atoms with Crippen LogP contribution in [0.4, 0.5) is 0 Å². The topological polar surface area (TPSA) is 40.6 Å². The summed E-state index contributed by atoms with van der Waals surface area (Å²) in [6.45, 7) is 2.65. The lowest BCUT2D eigenvalue weighted by atomic mass is 9.69. The summed E-state index contributed by atoms with van der Waals surface area (Å²) in [5.41, 5.74) is 1.74. The van der Waals surface area contributed by atoms with Crippen LogP contribution in [0.15, 0.2) is 24.3 Å². The quantitative estimate of drug-likeness (QED) is 0.801. The van der Waals surface area contributed by atoms with Crippen molar-refractivity contribution in [2.45, 2.75) is 50.5 Å². The first-order valence-electron chi connectivity index (χ1n) is 8.55. The van der Waals surface area contributed by atoms with Gasteiger partial charge in [-0.2, -0.15) is 0 Å². The number of fused-ring (bicyclic) bond motifs is 2. The molecule has 1 fully saturated rings. The number of hydrogen-bond acceptors (Lipinski definition) is 3. The van der Waals surface area contributed by atoms with Crippen molar-refractivity contribution in [1.29, 1.82) is 0 Å². The fraction of sp³-hybridized carbons (Fsp3) is 0.579. The summed E-state index contributed by atoms with van der Waals surface area (Å²) < 4.78 is 0. The highest BCUT2D eigenvalue weighted by Gasteiger charge is 2.53. The minimum atomic E-state index is -0.590. The van der Waals surface area contributed by atoms with Gasteiger partial charge in [-0.05, 0) is 57.8 Å². The molecule has 1 aliphatic heterocycles. The number of nitrogens with zero attached hydrogens (tertiary/aromatic N) is 2. The van der Waals surface area contributed by atoms with Gasteiger partial charge < -0.3 is 4.90 Å². The molecule has 1 heterocycles. The monoisotopic (exact) mass is 314 g/mol. The molecule has 0 saturated carbocycles. The molecule has 4 nitrogen and oxygen atoms in total. The van der Waals surface area contributed by atoms with Crippen molar-refractivity contribution >= 4 is 11.8 Å². The van der Waals surface area contributed by atoms with E-state index in [0.717, 1.165) is 31.2 Å². The van der Waals surface area contributed by atoms with Crippen molar-refractivity contribution in [2.24, 2.45) is 0 Å². The van der Waals surface area contributed by atoms with Crippen LogP contribution in [0, 0.1) is 0 Å². The Kier molecular flexibility index (Phi) is 4.28. The van der Waals surface area contributed by atoms with E-state index in [2.05, 4.69) is 17.9 Å². The summed E-state index contributed by atoms with van der Waals surface area (Å²) in [5, 5.41) is 0. The second kappa shape index (κ2) is 6.08. The van der Waals surface area contributed by atoms with Gasteiger partial charge in [0.05, 0.1) is 5.41 Å². The summed E-state index contributed by atoms with van der Waals surface area (Å²) in [7, 11) is 4.05. The van der Waals surface area contributed by atoms with Crippen molar-refractivity contribution in [2.75, 3.05) is 20.6 Å². The molecular formula is C19H26N2O2. The third kappa shape index (κ3) is 2.69. The van der Waals surface area contributed by atoms with Crippen LogP contribution < -0.4 is 0 Å². The van der Waals surface area contributed by atoms with Crippen molar-refractivity contribution < 1.29 is 9.59 Å². The van der Waals surface area contributed by atoms with Gasteiger partial charge in [0.1, 0.15) is 0 Å². The van der Waals surface area contributed by atoms with Crippen LogP contribution in [0.3, 0.4) is 0 Å². The molecule has 0 aromatic heterocycles. The van der Waals surface area contributed by atoms with Gasteiger partial charge in [-0.15, -0.1) is 0 Å². The van der Waals surface area contributed by atoms with E-state index in [9.17, 15) is 9.59 Å². The lowest BCUT2D eigenvalue weighted by Crippen LogP contribution is -2.42. The van der Waals surface area contributed by atoms with E-state index in [-0.39, 0.29) is 11.8 Å². The first kappa shape index (κ1) is 16.2. The first-order chi connectivity index (χ1) is 11.0. The molecule has 1 aliphatic carbocycles. The van der Waals surface area contributed by atoms with Gasteiger partial charge in [0.25, 0.3) is 0 Å². The SMILES string of the molecule is CC(CCN1C(=O)CC2(CCCc3ccccc32)C1=O)N(C)C. The van der Waals surface area contributed by atoms with Crippen LogP contribution >= 0.6 is 0 Å². The predicted octanol–water partition coefficient (Wildman–Crippen LogP) is 2.36. The van der Waals surface area contributed by atoms with E-state index in [0.29, 0.717) is 19.0 Å². The Labute approximate surface area is 138 Å². The summed E-state index contributed by atoms with van der Waals surface area (Å²) >= 11 is 0. The Balaban J connectivity index is 1.84. The number of hydrogen-bond donors (Lipinski definition) is 0. The van der Waals surface area contributed by atoms with Gasteiger partial charge in [0.2, 0.25) is 11.8 Å². The smallest absolute Gasteiger partial charge is 0.240 e. The molecule has 4 heteroatoms. The second-order valence-corrected chi connectivity index (χ2v) is 7.22. The van der Waals surface area contributed by atoms with Crippen molar-refractivity contribution in [1.82, 2.24) is 9.80 Å². The van der Waals surface area contributed by atoms with E-state index >= 15 is 0 Å². The normalized spacial score (nSPS) is 25.3. The van der Waals surface area contributed by atoms with Crippen molar-refractivity contribution in [3.63, 3.8) is 0 Å².